The maximum absolute atomic E-state index is 13.1. The zero-order chi connectivity index (χ0) is 20.3. The van der Waals surface area contributed by atoms with E-state index in [4.69, 9.17) is 0 Å². The molecule has 2 aliphatic rings. The molecule has 2 aromatic rings. The highest BCUT2D eigenvalue weighted by atomic mass is 32.2. The molecule has 1 N–H and O–H groups in total. The molecule has 156 valence electrons. The van der Waals surface area contributed by atoms with E-state index in [1.54, 1.807) is 27.9 Å². The van der Waals surface area contributed by atoms with Crippen molar-refractivity contribution in [3.05, 3.63) is 40.6 Å². The van der Waals surface area contributed by atoms with Gasteiger partial charge in [-0.25, -0.2) is 8.42 Å². The lowest BCUT2D eigenvalue weighted by Gasteiger charge is -2.31. The van der Waals surface area contributed by atoms with Crippen LogP contribution in [-0.2, 0) is 10.0 Å². The second-order valence-corrected chi connectivity index (χ2v) is 10.4. The molecule has 0 saturated carbocycles. The molecule has 1 aromatic heterocycles. The summed E-state index contributed by atoms with van der Waals surface area (Å²) < 4.78 is 27.9. The van der Waals surface area contributed by atoms with Crippen LogP contribution in [0, 0.1) is 0 Å². The van der Waals surface area contributed by atoms with Gasteiger partial charge in [0.25, 0.3) is 5.91 Å². The van der Waals surface area contributed by atoms with E-state index in [1.165, 1.54) is 17.8 Å². The Labute approximate surface area is 176 Å². The molecule has 1 amide bonds. The van der Waals surface area contributed by atoms with E-state index in [0.717, 1.165) is 50.9 Å². The quantitative estimate of drug-likeness (QED) is 0.769. The van der Waals surface area contributed by atoms with Gasteiger partial charge in [0.1, 0.15) is 0 Å². The highest BCUT2D eigenvalue weighted by Gasteiger charge is 2.27. The molecule has 8 heteroatoms. The van der Waals surface area contributed by atoms with Crippen molar-refractivity contribution >= 4 is 38.6 Å². The van der Waals surface area contributed by atoms with Crippen molar-refractivity contribution in [3.8, 4) is 0 Å². The third-order valence-corrected chi connectivity index (χ3v) is 8.23. The first-order valence-corrected chi connectivity index (χ1v) is 12.7. The smallest absolute Gasteiger partial charge is 0.256 e. The number of carbonyl (C=O) groups excluding carboxylic acids is 1. The van der Waals surface area contributed by atoms with E-state index in [9.17, 15) is 13.2 Å². The van der Waals surface area contributed by atoms with Crippen LogP contribution >= 0.6 is 11.3 Å². The lowest BCUT2D eigenvalue weighted by atomic mass is 10.1. The average molecular weight is 434 g/mol. The minimum atomic E-state index is -3.56. The van der Waals surface area contributed by atoms with Gasteiger partial charge in [0, 0.05) is 31.6 Å². The van der Waals surface area contributed by atoms with Crippen molar-refractivity contribution in [1.82, 2.24) is 4.31 Å². The molecule has 4 rings (SSSR count). The number of piperidine rings is 2. The first-order chi connectivity index (χ1) is 14.1. The number of rotatable bonds is 5. The largest absolute Gasteiger partial charge is 0.370 e. The van der Waals surface area contributed by atoms with Gasteiger partial charge in [-0.3, -0.25) is 4.79 Å². The molecule has 2 saturated heterocycles. The maximum atomic E-state index is 13.1. The van der Waals surface area contributed by atoms with E-state index in [2.05, 4.69) is 10.2 Å². The van der Waals surface area contributed by atoms with Gasteiger partial charge in [-0.1, -0.05) is 6.42 Å². The van der Waals surface area contributed by atoms with Crippen LogP contribution < -0.4 is 10.2 Å². The van der Waals surface area contributed by atoms with Gasteiger partial charge in [0.05, 0.1) is 21.8 Å². The van der Waals surface area contributed by atoms with Gasteiger partial charge in [-0.05, 0) is 61.7 Å². The number of nitrogens with one attached hydrogen (secondary N) is 1. The Hall–Kier alpha value is -1.90. The number of benzene rings is 1. The summed E-state index contributed by atoms with van der Waals surface area (Å²) in [7, 11) is -3.56. The molecule has 0 atom stereocenters. The summed E-state index contributed by atoms with van der Waals surface area (Å²) in [5.74, 6) is -0.211. The van der Waals surface area contributed by atoms with Crippen molar-refractivity contribution in [2.75, 3.05) is 36.4 Å². The number of hydrogen-bond donors (Lipinski definition) is 1. The lowest BCUT2D eigenvalue weighted by Crippen LogP contribution is -2.35. The fraction of sp³-hybridized carbons (Fsp3) is 0.476. The molecule has 0 radical (unpaired) electrons. The average Bonchev–Trinajstić information content (AvgIpc) is 3.30. The Morgan fingerprint density at radius 1 is 0.931 bits per heavy atom. The molecule has 0 unspecified atom stereocenters. The Kier molecular flexibility index (Phi) is 6.22. The predicted octanol–water partition coefficient (Wildman–Crippen LogP) is 4.17. The highest BCUT2D eigenvalue weighted by molar-refractivity contribution is 7.89. The van der Waals surface area contributed by atoms with Gasteiger partial charge < -0.3 is 10.2 Å². The molecule has 0 aliphatic carbocycles. The summed E-state index contributed by atoms with van der Waals surface area (Å²) in [6, 6.07) is 6.95. The Balaban J connectivity index is 1.68. The van der Waals surface area contributed by atoms with Crippen molar-refractivity contribution in [2.24, 2.45) is 0 Å². The van der Waals surface area contributed by atoms with Crippen LogP contribution in [0.3, 0.4) is 0 Å². The molecule has 2 aliphatic heterocycles. The molecule has 0 spiro atoms. The van der Waals surface area contributed by atoms with E-state index in [1.807, 2.05) is 11.4 Å². The van der Waals surface area contributed by atoms with Crippen molar-refractivity contribution < 1.29 is 13.2 Å². The number of sulfonamides is 1. The maximum Gasteiger partial charge on any atom is 0.256 e. The van der Waals surface area contributed by atoms with Crippen LogP contribution in [0.25, 0.3) is 0 Å². The van der Waals surface area contributed by atoms with Gasteiger partial charge in [0.2, 0.25) is 10.0 Å². The molecule has 0 bridgehead atoms. The monoisotopic (exact) mass is 433 g/mol. The van der Waals surface area contributed by atoms with Gasteiger partial charge in [-0.15, -0.1) is 0 Å². The zero-order valence-corrected chi connectivity index (χ0v) is 18.1. The normalized spacial score (nSPS) is 18.6. The topological polar surface area (TPSA) is 69.7 Å². The summed E-state index contributed by atoms with van der Waals surface area (Å²) in [6.45, 7) is 2.96. The van der Waals surface area contributed by atoms with Crippen molar-refractivity contribution in [3.63, 3.8) is 0 Å². The zero-order valence-electron chi connectivity index (χ0n) is 16.5. The fourth-order valence-corrected chi connectivity index (χ4v) is 6.21. The number of anilines is 2. The summed E-state index contributed by atoms with van der Waals surface area (Å²) in [4.78, 5) is 15.2. The molecule has 1 aromatic carbocycles. The summed E-state index contributed by atoms with van der Waals surface area (Å²) in [5.41, 5.74) is 2.05. The third kappa shape index (κ3) is 4.49. The lowest BCUT2D eigenvalue weighted by molar-refractivity contribution is 0.102. The van der Waals surface area contributed by atoms with Crippen LogP contribution in [0.5, 0.6) is 0 Å². The van der Waals surface area contributed by atoms with Gasteiger partial charge in [-0.2, -0.15) is 15.6 Å². The molecular weight excluding hydrogens is 406 g/mol. The molecular formula is C21H27N3O3S2. The number of hydrogen-bond acceptors (Lipinski definition) is 5. The van der Waals surface area contributed by atoms with Crippen LogP contribution in [0.2, 0.25) is 0 Å². The van der Waals surface area contributed by atoms with Crippen LogP contribution in [0.4, 0.5) is 11.4 Å². The van der Waals surface area contributed by atoms with E-state index in [-0.39, 0.29) is 10.8 Å². The first kappa shape index (κ1) is 20.4. The third-order valence-electron chi connectivity index (χ3n) is 5.65. The molecule has 3 heterocycles. The molecule has 6 nitrogen and oxygen atoms in total. The predicted molar refractivity (Wildman–Crippen MR) is 117 cm³/mol. The van der Waals surface area contributed by atoms with Crippen molar-refractivity contribution in [2.45, 2.75) is 43.4 Å². The van der Waals surface area contributed by atoms with Crippen LogP contribution in [0.15, 0.2) is 39.9 Å². The second-order valence-electron chi connectivity index (χ2n) is 7.66. The standard InChI is InChI=1S/C21H27N3O3S2/c25-21(17-9-14-28-16-17)22-19-15-18(29(26,27)24-12-5-2-6-13-24)7-8-20(19)23-10-3-1-4-11-23/h7-9,14-16H,1-6,10-13H2,(H,22,25). The number of nitrogens with zero attached hydrogens (tertiary/aromatic N) is 2. The van der Waals surface area contributed by atoms with E-state index in [0.29, 0.717) is 24.3 Å². The summed E-state index contributed by atoms with van der Waals surface area (Å²) >= 11 is 1.46. The van der Waals surface area contributed by atoms with E-state index >= 15 is 0 Å². The molecule has 29 heavy (non-hydrogen) atoms. The second kappa shape index (κ2) is 8.85. The van der Waals surface area contributed by atoms with Crippen LogP contribution in [-0.4, -0.2) is 44.8 Å². The highest BCUT2D eigenvalue weighted by Crippen LogP contribution is 2.33. The minimum Gasteiger partial charge on any atom is -0.370 e. The summed E-state index contributed by atoms with van der Waals surface area (Å²) in [6.07, 6.45) is 6.27. The Bertz CT molecular complexity index is 946. The molecule has 2 fully saturated rings. The van der Waals surface area contributed by atoms with Crippen LogP contribution in [0.1, 0.15) is 48.9 Å². The Morgan fingerprint density at radius 2 is 1.62 bits per heavy atom. The van der Waals surface area contributed by atoms with Crippen molar-refractivity contribution in [1.29, 1.82) is 0 Å². The summed E-state index contributed by atoms with van der Waals surface area (Å²) in [5, 5.41) is 6.62. The Morgan fingerprint density at radius 3 is 2.28 bits per heavy atom. The fourth-order valence-electron chi connectivity index (χ4n) is 4.03. The number of carbonyl (C=O) groups is 1. The van der Waals surface area contributed by atoms with E-state index < -0.39 is 10.0 Å². The number of amides is 1. The first-order valence-electron chi connectivity index (χ1n) is 10.3. The van der Waals surface area contributed by atoms with Gasteiger partial charge >= 0.3 is 0 Å². The van der Waals surface area contributed by atoms with Gasteiger partial charge in [0.15, 0.2) is 0 Å². The number of thiophene rings is 1. The SMILES string of the molecule is O=C(Nc1cc(S(=O)(=O)N2CCCCC2)ccc1N1CCCCC1)c1ccsc1. The minimum absolute atomic E-state index is 0.211.